The number of benzene rings is 1. The van der Waals surface area contributed by atoms with Crippen molar-refractivity contribution < 1.29 is 0 Å². The van der Waals surface area contributed by atoms with Crippen molar-refractivity contribution in [1.82, 2.24) is 9.97 Å². The molecule has 23 heavy (non-hydrogen) atoms. The number of hydrogen-bond donors (Lipinski definition) is 0. The summed E-state index contributed by atoms with van der Waals surface area (Å²) in [6.07, 6.45) is 7.24. The maximum Gasteiger partial charge on any atom is 0.225 e. The molecule has 1 aromatic heterocycles. The fourth-order valence-corrected chi connectivity index (χ4v) is 4.03. The van der Waals surface area contributed by atoms with Crippen molar-refractivity contribution in [3.05, 3.63) is 52.8 Å². The summed E-state index contributed by atoms with van der Waals surface area (Å²) in [6, 6.07) is 10.9. The molecule has 3 heteroatoms. The first-order valence-electron chi connectivity index (χ1n) is 8.95. The van der Waals surface area contributed by atoms with Gasteiger partial charge in [-0.3, -0.25) is 0 Å². The van der Waals surface area contributed by atoms with Gasteiger partial charge in [0.25, 0.3) is 0 Å². The van der Waals surface area contributed by atoms with E-state index in [9.17, 15) is 0 Å². The normalized spacial score (nSPS) is 18.2. The molecule has 0 saturated carbocycles. The molecule has 1 aliphatic heterocycles. The highest BCUT2D eigenvalue weighted by Gasteiger charge is 2.24. The predicted octanol–water partition coefficient (Wildman–Crippen LogP) is 3.73. The molecule has 0 spiro atoms. The molecule has 2 aliphatic rings. The van der Waals surface area contributed by atoms with Gasteiger partial charge in [-0.05, 0) is 62.5 Å². The summed E-state index contributed by atoms with van der Waals surface area (Å²) in [5.41, 5.74) is 5.39. The van der Waals surface area contributed by atoms with Gasteiger partial charge in [-0.2, -0.15) is 0 Å². The fraction of sp³-hybridized carbons (Fsp3) is 0.500. The Hall–Kier alpha value is -1.90. The van der Waals surface area contributed by atoms with E-state index in [0.717, 1.165) is 31.4 Å². The second kappa shape index (κ2) is 6.31. The maximum atomic E-state index is 4.86. The summed E-state index contributed by atoms with van der Waals surface area (Å²) < 4.78 is 0. The number of fused-ring (bicyclic) bond motifs is 1. The Kier molecular flexibility index (Phi) is 4.02. The summed E-state index contributed by atoms with van der Waals surface area (Å²) in [6.45, 7) is 4.34. The van der Waals surface area contributed by atoms with Crippen LogP contribution < -0.4 is 4.90 Å². The van der Waals surface area contributed by atoms with Crippen LogP contribution in [0.3, 0.4) is 0 Å². The lowest BCUT2D eigenvalue weighted by Gasteiger charge is -2.32. The highest BCUT2D eigenvalue weighted by atomic mass is 15.3. The minimum absolute atomic E-state index is 0.796. The molecule has 4 rings (SSSR count). The Morgan fingerprint density at radius 1 is 1.04 bits per heavy atom. The van der Waals surface area contributed by atoms with Gasteiger partial charge in [-0.1, -0.05) is 30.3 Å². The molecular formula is C20H25N3. The first-order valence-corrected chi connectivity index (χ1v) is 8.95. The van der Waals surface area contributed by atoms with E-state index >= 15 is 0 Å². The Bertz CT molecular complexity index is 673. The van der Waals surface area contributed by atoms with Crippen molar-refractivity contribution in [3.63, 3.8) is 0 Å². The average molecular weight is 307 g/mol. The molecule has 0 atom stereocenters. The molecule has 0 N–H and O–H groups in total. The van der Waals surface area contributed by atoms with Crippen molar-refractivity contribution in [2.45, 2.75) is 45.4 Å². The minimum atomic E-state index is 0.796. The molecule has 1 aromatic carbocycles. The molecular weight excluding hydrogens is 282 g/mol. The predicted molar refractivity (Wildman–Crippen MR) is 93.9 cm³/mol. The Morgan fingerprint density at radius 2 is 1.83 bits per heavy atom. The number of hydrogen-bond acceptors (Lipinski definition) is 3. The van der Waals surface area contributed by atoms with E-state index < -0.39 is 0 Å². The van der Waals surface area contributed by atoms with Gasteiger partial charge in [0.1, 0.15) is 0 Å². The van der Waals surface area contributed by atoms with Crippen LogP contribution in [0.4, 0.5) is 5.95 Å². The smallest absolute Gasteiger partial charge is 0.225 e. The Balaban J connectivity index is 1.41. The molecule has 3 nitrogen and oxygen atoms in total. The van der Waals surface area contributed by atoms with Crippen LogP contribution in [0.25, 0.3) is 0 Å². The number of rotatable bonds is 3. The summed E-state index contributed by atoms with van der Waals surface area (Å²) in [5, 5.41) is 0. The third kappa shape index (κ3) is 3.10. The van der Waals surface area contributed by atoms with Gasteiger partial charge in [-0.15, -0.1) is 0 Å². The number of anilines is 1. The summed E-state index contributed by atoms with van der Waals surface area (Å²) in [4.78, 5) is 12.0. The molecule has 2 heterocycles. The fourth-order valence-electron chi connectivity index (χ4n) is 4.03. The molecule has 0 radical (unpaired) electrons. The van der Waals surface area contributed by atoms with Crippen molar-refractivity contribution in [2.24, 2.45) is 5.92 Å². The molecule has 1 fully saturated rings. The van der Waals surface area contributed by atoms with Crippen molar-refractivity contribution in [3.8, 4) is 0 Å². The van der Waals surface area contributed by atoms with E-state index in [1.165, 1.54) is 54.6 Å². The Labute approximate surface area is 138 Å². The molecule has 2 aromatic rings. The lowest BCUT2D eigenvalue weighted by atomic mass is 9.90. The molecule has 120 valence electrons. The van der Waals surface area contributed by atoms with E-state index in [4.69, 9.17) is 9.97 Å². The SMILES string of the molecule is Cc1nc(N2CCC(Cc3ccccc3)CC2)nc2c1CCC2. The third-order valence-electron chi connectivity index (χ3n) is 5.39. The van der Waals surface area contributed by atoms with Crippen molar-refractivity contribution in [1.29, 1.82) is 0 Å². The van der Waals surface area contributed by atoms with Crippen LogP contribution in [-0.2, 0) is 19.3 Å². The highest BCUT2D eigenvalue weighted by Crippen LogP contribution is 2.28. The van der Waals surface area contributed by atoms with E-state index in [2.05, 4.69) is 42.2 Å². The lowest BCUT2D eigenvalue weighted by molar-refractivity contribution is 0.400. The number of aryl methyl sites for hydroxylation is 2. The summed E-state index contributed by atoms with van der Waals surface area (Å²) in [7, 11) is 0. The largest absolute Gasteiger partial charge is 0.341 e. The number of nitrogens with zero attached hydrogens (tertiary/aromatic N) is 3. The molecule has 0 unspecified atom stereocenters. The topological polar surface area (TPSA) is 29.0 Å². The third-order valence-corrected chi connectivity index (χ3v) is 5.39. The van der Waals surface area contributed by atoms with E-state index in [1.807, 2.05) is 0 Å². The van der Waals surface area contributed by atoms with Crippen LogP contribution in [0.1, 0.15) is 41.8 Å². The van der Waals surface area contributed by atoms with E-state index in [1.54, 1.807) is 0 Å². The lowest BCUT2D eigenvalue weighted by Crippen LogP contribution is -2.35. The first kappa shape index (κ1) is 14.7. The average Bonchev–Trinajstić information content (AvgIpc) is 3.06. The van der Waals surface area contributed by atoms with Crippen LogP contribution in [-0.4, -0.2) is 23.1 Å². The highest BCUT2D eigenvalue weighted by molar-refractivity contribution is 5.39. The van der Waals surface area contributed by atoms with Gasteiger partial charge in [0.2, 0.25) is 5.95 Å². The quantitative estimate of drug-likeness (QED) is 0.865. The molecule has 0 amide bonds. The van der Waals surface area contributed by atoms with E-state index in [-0.39, 0.29) is 0 Å². The van der Waals surface area contributed by atoms with E-state index in [0.29, 0.717) is 0 Å². The minimum Gasteiger partial charge on any atom is -0.341 e. The zero-order chi connectivity index (χ0) is 15.6. The standard InChI is InChI=1S/C20H25N3/c1-15-18-8-5-9-19(18)22-20(21-15)23-12-10-17(11-13-23)14-16-6-3-2-4-7-16/h2-4,6-7,17H,5,8-14H2,1H3. The maximum absolute atomic E-state index is 4.86. The van der Waals surface area contributed by atoms with Gasteiger partial charge in [0.05, 0.1) is 0 Å². The van der Waals surface area contributed by atoms with Crippen molar-refractivity contribution in [2.75, 3.05) is 18.0 Å². The monoisotopic (exact) mass is 307 g/mol. The second-order valence-corrected chi connectivity index (χ2v) is 7.01. The zero-order valence-corrected chi connectivity index (χ0v) is 14.0. The molecule has 0 bridgehead atoms. The van der Waals surface area contributed by atoms with Crippen LogP contribution in [0.2, 0.25) is 0 Å². The number of aromatic nitrogens is 2. The molecule has 1 aliphatic carbocycles. The first-order chi connectivity index (χ1) is 11.3. The van der Waals surface area contributed by atoms with Crippen LogP contribution >= 0.6 is 0 Å². The van der Waals surface area contributed by atoms with Crippen LogP contribution in [0.5, 0.6) is 0 Å². The van der Waals surface area contributed by atoms with Gasteiger partial charge in [-0.25, -0.2) is 9.97 Å². The van der Waals surface area contributed by atoms with Gasteiger partial charge in [0.15, 0.2) is 0 Å². The summed E-state index contributed by atoms with van der Waals surface area (Å²) in [5.74, 6) is 1.77. The zero-order valence-electron chi connectivity index (χ0n) is 14.0. The van der Waals surface area contributed by atoms with Crippen LogP contribution in [0, 0.1) is 12.8 Å². The molecule has 1 saturated heterocycles. The van der Waals surface area contributed by atoms with Gasteiger partial charge >= 0.3 is 0 Å². The summed E-state index contributed by atoms with van der Waals surface area (Å²) >= 11 is 0. The van der Waals surface area contributed by atoms with Crippen LogP contribution in [0.15, 0.2) is 30.3 Å². The van der Waals surface area contributed by atoms with Gasteiger partial charge < -0.3 is 4.90 Å². The Morgan fingerprint density at radius 3 is 2.61 bits per heavy atom. The van der Waals surface area contributed by atoms with Gasteiger partial charge in [0, 0.05) is 24.5 Å². The number of piperidine rings is 1. The van der Waals surface area contributed by atoms with Crippen molar-refractivity contribution >= 4 is 5.95 Å². The second-order valence-electron chi connectivity index (χ2n) is 7.01.